The van der Waals surface area contributed by atoms with E-state index in [4.69, 9.17) is 9.47 Å². The van der Waals surface area contributed by atoms with Crippen LogP contribution < -0.4 is 4.74 Å². The molecule has 2 rings (SSSR count). The first-order chi connectivity index (χ1) is 9.67. The van der Waals surface area contributed by atoms with Gasteiger partial charge in [-0.1, -0.05) is 6.92 Å². The van der Waals surface area contributed by atoms with Crippen molar-refractivity contribution in [1.82, 2.24) is 9.78 Å². The van der Waals surface area contributed by atoms with Crippen LogP contribution in [0.4, 0.5) is 4.79 Å². The van der Waals surface area contributed by atoms with Gasteiger partial charge in [0.1, 0.15) is 12.2 Å². The van der Waals surface area contributed by atoms with Crippen molar-refractivity contribution in [2.24, 2.45) is 5.41 Å². The topological polar surface area (TPSA) is 70.4 Å². The van der Waals surface area contributed by atoms with Gasteiger partial charge in [-0.05, 0) is 39.0 Å². The molecule has 0 radical (unpaired) electrons. The Bertz CT molecular complexity index is 538. The molecule has 0 aliphatic heterocycles. The number of rotatable bonds is 5. The molecule has 0 aromatic carbocycles. The lowest BCUT2D eigenvalue weighted by Gasteiger charge is -2.18. The summed E-state index contributed by atoms with van der Waals surface area (Å²) in [4.78, 5) is 23.5. The van der Waals surface area contributed by atoms with Gasteiger partial charge in [0.2, 0.25) is 5.88 Å². The number of Topliss-reactive ketones (excluding diaryl/α,β-unsaturated/α-hetero) is 1. The van der Waals surface area contributed by atoms with E-state index in [2.05, 4.69) is 12.0 Å². The Morgan fingerprint density at radius 1 is 1.38 bits per heavy atom. The second-order valence-corrected chi connectivity index (χ2v) is 6.89. The van der Waals surface area contributed by atoms with E-state index < -0.39 is 11.7 Å². The third-order valence-electron chi connectivity index (χ3n) is 3.25. The van der Waals surface area contributed by atoms with Gasteiger partial charge in [-0.3, -0.25) is 4.79 Å². The molecule has 1 aliphatic rings. The highest BCUT2D eigenvalue weighted by Crippen LogP contribution is 2.48. The highest BCUT2D eigenvalue weighted by atomic mass is 16.6. The molecule has 116 valence electrons. The van der Waals surface area contributed by atoms with Crippen molar-refractivity contribution in [1.29, 1.82) is 0 Å². The molecule has 0 atom stereocenters. The monoisotopic (exact) mass is 294 g/mol. The van der Waals surface area contributed by atoms with E-state index in [-0.39, 0.29) is 23.7 Å². The lowest BCUT2D eigenvalue weighted by molar-refractivity contribution is -0.122. The molecule has 1 fully saturated rings. The molecular formula is C15H22N2O4. The van der Waals surface area contributed by atoms with Gasteiger partial charge >= 0.3 is 6.09 Å². The van der Waals surface area contributed by atoms with Gasteiger partial charge in [0, 0.05) is 18.7 Å². The SMILES string of the molecule is CC1(CC(=O)COc2ccn(C(=O)OC(C)(C)C)n2)CC1. The Morgan fingerprint density at radius 3 is 2.62 bits per heavy atom. The summed E-state index contributed by atoms with van der Waals surface area (Å²) in [7, 11) is 0. The van der Waals surface area contributed by atoms with Crippen LogP contribution >= 0.6 is 0 Å². The maximum atomic E-state index is 11.8. The highest BCUT2D eigenvalue weighted by molar-refractivity contribution is 5.81. The Balaban J connectivity index is 1.82. The van der Waals surface area contributed by atoms with E-state index in [1.54, 1.807) is 20.8 Å². The number of carbonyl (C=O) groups is 2. The van der Waals surface area contributed by atoms with Crippen molar-refractivity contribution in [3.05, 3.63) is 12.3 Å². The minimum Gasteiger partial charge on any atom is -0.469 e. The van der Waals surface area contributed by atoms with Gasteiger partial charge in [-0.25, -0.2) is 4.79 Å². The second kappa shape index (κ2) is 5.50. The number of ketones is 1. The molecule has 1 aliphatic carbocycles. The van der Waals surface area contributed by atoms with E-state index >= 15 is 0 Å². The van der Waals surface area contributed by atoms with Crippen LogP contribution in [0.1, 0.15) is 47.0 Å². The highest BCUT2D eigenvalue weighted by Gasteiger charge is 2.39. The normalized spacial score (nSPS) is 16.4. The molecule has 1 aromatic rings. The number of ether oxygens (including phenoxy) is 2. The van der Waals surface area contributed by atoms with E-state index in [0.717, 1.165) is 17.5 Å². The third kappa shape index (κ3) is 4.88. The minimum absolute atomic E-state index is 0.0130. The number of hydrogen-bond donors (Lipinski definition) is 0. The van der Waals surface area contributed by atoms with Crippen LogP contribution in [-0.2, 0) is 9.53 Å². The van der Waals surface area contributed by atoms with Crippen LogP contribution in [0.3, 0.4) is 0 Å². The zero-order valence-corrected chi connectivity index (χ0v) is 13.0. The smallest absolute Gasteiger partial charge is 0.435 e. The van der Waals surface area contributed by atoms with Crippen molar-refractivity contribution >= 4 is 11.9 Å². The molecule has 1 heterocycles. The second-order valence-electron chi connectivity index (χ2n) is 6.89. The van der Waals surface area contributed by atoms with Gasteiger partial charge in [0.25, 0.3) is 0 Å². The summed E-state index contributed by atoms with van der Waals surface area (Å²) < 4.78 is 11.6. The molecule has 0 amide bonds. The van der Waals surface area contributed by atoms with Crippen molar-refractivity contribution in [2.45, 2.75) is 52.6 Å². The number of carbonyl (C=O) groups excluding carboxylic acids is 2. The van der Waals surface area contributed by atoms with Crippen LogP contribution in [0.2, 0.25) is 0 Å². The molecule has 0 unspecified atom stereocenters. The summed E-state index contributed by atoms with van der Waals surface area (Å²) in [6.45, 7) is 7.43. The summed E-state index contributed by atoms with van der Waals surface area (Å²) in [5.41, 5.74) is -0.407. The number of aromatic nitrogens is 2. The Hall–Kier alpha value is -1.85. The summed E-state index contributed by atoms with van der Waals surface area (Å²) >= 11 is 0. The molecule has 0 N–H and O–H groups in total. The fourth-order valence-corrected chi connectivity index (χ4v) is 1.87. The lowest BCUT2D eigenvalue weighted by atomic mass is 10.0. The minimum atomic E-state index is -0.584. The summed E-state index contributed by atoms with van der Waals surface area (Å²) in [6.07, 6.45) is 3.63. The van der Waals surface area contributed by atoms with Crippen LogP contribution in [0.25, 0.3) is 0 Å². The molecule has 0 bridgehead atoms. The standard InChI is InChI=1S/C15H22N2O4/c1-14(2,3)21-13(19)17-8-5-12(16-17)20-10-11(18)9-15(4)6-7-15/h5,8H,6-7,9-10H2,1-4H3. The first-order valence-electron chi connectivity index (χ1n) is 7.10. The lowest BCUT2D eigenvalue weighted by Crippen LogP contribution is -2.27. The van der Waals surface area contributed by atoms with Crippen LogP contribution in [0.5, 0.6) is 5.88 Å². The average molecular weight is 294 g/mol. The van der Waals surface area contributed by atoms with Crippen LogP contribution in [-0.4, -0.2) is 33.9 Å². The molecule has 0 spiro atoms. The Labute approximate surface area is 124 Å². The van der Waals surface area contributed by atoms with E-state index in [9.17, 15) is 9.59 Å². The number of hydrogen-bond acceptors (Lipinski definition) is 5. The fraction of sp³-hybridized carbons (Fsp3) is 0.667. The van der Waals surface area contributed by atoms with Gasteiger partial charge in [0.15, 0.2) is 5.78 Å². The van der Waals surface area contributed by atoms with Gasteiger partial charge in [-0.15, -0.1) is 5.10 Å². The van der Waals surface area contributed by atoms with Gasteiger partial charge in [-0.2, -0.15) is 4.68 Å². The summed E-state index contributed by atoms with van der Waals surface area (Å²) in [6, 6.07) is 1.54. The Morgan fingerprint density at radius 2 is 2.05 bits per heavy atom. The summed E-state index contributed by atoms with van der Waals surface area (Å²) in [5.74, 6) is 0.303. The van der Waals surface area contributed by atoms with Crippen LogP contribution in [0, 0.1) is 5.41 Å². The van der Waals surface area contributed by atoms with Gasteiger partial charge < -0.3 is 9.47 Å². The van der Waals surface area contributed by atoms with Crippen molar-refractivity contribution in [2.75, 3.05) is 6.61 Å². The van der Waals surface area contributed by atoms with Crippen LogP contribution in [0.15, 0.2) is 12.3 Å². The fourth-order valence-electron chi connectivity index (χ4n) is 1.87. The van der Waals surface area contributed by atoms with E-state index in [1.807, 2.05) is 0 Å². The molecule has 1 aromatic heterocycles. The number of nitrogens with zero attached hydrogens (tertiary/aromatic N) is 2. The molecule has 6 nitrogen and oxygen atoms in total. The zero-order chi connectivity index (χ0) is 15.7. The predicted molar refractivity (Wildman–Crippen MR) is 76.3 cm³/mol. The maximum absolute atomic E-state index is 11.8. The molecular weight excluding hydrogens is 272 g/mol. The molecule has 21 heavy (non-hydrogen) atoms. The average Bonchev–Trinajstić information content (AvgIpc) is 2.90. The predicted octanol–water partition coefficient (Wildman–Crippen LogP) is 2.80. The first-order valence-corrected chi connectivity index (χ1v) is 7.10. The van der Waals surface area contributed by atoms with Crippen molar-refractivity contribution in [3.8, 4) is 5.88 Å². The maximum Gasteiger partial charge on any atom is 0.435 e. The van der Waals surface area contributed by atoms with E-state index in [0.29, 0.717) is 6.42 Å². The molecule has 1 saturated carbocycles. The van der Waals surface area contributed by atoms with Crippen molar-refractivity contribution in [3.63, 3.8) is 0 Å². The van der Waals surface area contributed by atoms with Crippen molar-refractivity contribution < 1.29 is 19.1 Å². The molecule has 6 heteroatoms. The zero-order valence-electron chi connectivity index (χ0n) is 13.0. The Kier molecular flexibility index (Phi) is 4.07. The summed E-state index contributed by atoms with van der Waals surface area (Å²) in [5, 5.41) is 3.95. The quantitative estimate of drug-likeness (QED) is 0.835. The molecule has 0 saturated heterocycles. The first kappa shape index (κ1) is 15.5. The largest absolute Gasteiger partial charge is 0.469 e. The van der Waals surface area contributed by atoms with E-state index in [1.165, 1.54) is 12.3 Å². The third-order valence-corrected chi connectivity index (χ3v) is 3.25. The van der Waals surface area contributed by atoms with Gasteiger partial charge in [0.05, 0.1) is 0 Å².